The number of rotatable bonds is 4. The van der Waals surface area contributed by atoms with E-state index in [0.29, 0.717) is 0 Å². The molecule has 100 valence electrons. The van der Waals surface area contributed by atoms with Gasteiger partial charge >= 0.3 is 0 Å². The standard InChI is InChI=1S/C14H13Br2ClN2/c1-18-14(7-11-4-3-10(15)8-19-11)9-2-5-13(17)12(16)6-9/h2-6,8,14,18H,7H2,1H3. The Balaban J connectivity index is 2.19. The first-order valence-corrected chi connectivity index (χ1v) is 7.79. The molecule has 1 aromatic heterocycles. The maximum atomic E-state index is 6.02. The van der Waals surface area contributed by atoms with Crippen LogP contribution < -0.4 is 5.32 Å². The fourth-order valence-corrected chi connectivity index (χ4v) is 2.60. The highest BCUT2D eigenvalue weighted by molar-refractivity contribution is 9.10. The highest BCUT2D eigenvalue weighted by Crippen LogP contribution is 2.27. The zero-order valence-electron chi connectivity index (χ0n) is 10.3. The molecule has 0 amide bonds. The van der Waals surface area contributed by atoms with E-state index in [-0.39, 0.29) is 6.04 Å². The first kappa shape index (κ1) is 15.0. The van der Waals surface area contributed by atoms with Crippen LogP contribution in [-0.4, -0.2) is 12.0 Å². The highest BCUT2D eigenvalue weighted by atomic mass is 79.9. The molecule has 0 radical (unpaired) electrons. The topological polar surface area (TPSA) is 24.9 Å². The molecule has 19 heavy (non-hydrogen) atoms. The van der Waals surface area contributed by atoms with Gasteiger partial charge in [-0.25, -0.2) is 0 Å². The van der Waals surface area contributed by atoms with Gasteiger partial charge in [-0.3, -0.25) is 4.98 Å². The van der Waals surface area contributed by atoms with E-state index in [1.54, 1.807) is 0 Å². The first-order valence-electron chi connectivity index (χ1n) is 5.83. The molecule has 0 saturated carbocycles. The van der Waals surface area contributed by atoms with Crippen LogP contribution in [0.2, 0.25) is 5.02 Å². The minimum absolute atomic E-state index is 0.210. The van der Waals surface area contributed by atoms with Crippen LogP contribution in [0.25, 0.3) is 0 Å². The summed E-state index contributed by atoms with van der Waals surface area (Å²) < 4.78 is 1.90. The summed E-state index contributed by atoms with van der Waals surface area (Å²) in [6.07, 6.45) is 2.65. The van der Waals surface area contributed by atoms with Crippen molar-refractivity contribution >= 4 is 43.5 Å². The average molecular weight is 405 g/mol. The van der Waals surface area contributed by atoms with Crippen molar-refractivity contribution < 1.29 is 0 Å². The Hall–Kier alpha value is -0.420. The van der Waals surface area contributed by atoms with Gasteiger partial charge in [0.25, 0.3) is 0 Å². The molecule has 2 rings (SSSR count). The van der Waals surface area contributed by atoms with Crippen LogP contribution in [0.3, 0.4) is 0 Å². The van der Waals surface area contributed by atoms with Gasteiger partial charge in [0.15, 0.2) is 0 Å². The van der Waals surface area contributed by atoms with Crippen molar-refractivity contribution in [1.82, 2.24) is 10.3 Å². The number of likely N-dealkylation sites (N-methyl/N-ethyl adjacent to an activating group) is 1. The van der Waals surface area contributed by atoms with E-state index in [1.165, 1.54) is 5.56 Å². The highest BCUT2D eigenvalue weighted by Gasteiger charge is 2.12. The number of nitrogens with zero attached hydrogens (tertiary/aromatic N) is 1. The van der Waals surface area contributed by atoms with E-state index in [0.717, 1.165) is 26.1 Å². The monoisotopic (exact) mass is 402 g/mol. The molecule has 0 aliphatic carbocycles. The smallest absolute Gasteiger partial charge is 0.0548 e. The Morgan fingerprint density at radius 2 is 2.05 bits per heavy atom. The fraction of sp³-hybridized carbons (Fsp3) is 0.214. The molecule has 2 nitrogen and oxygen atoms in total. The van der Waals surface area contributed by atoms with Crippen molar-refractivity contribution in [3.05, 3.63) is 61.8 Å². The molecule has 0 saturated heterocycles. The number of nitrogens with one attached hydrogen (secondary N) is 1. The molecule has 2 aromatic rings. The van der Waals surface area contributed by atoms with Gasteiger partial charge < -0.3 is 5.32 Å². The Kier molecular flexibility index (Phi) is 5.39. The summed E-state index contributed by atoms with van der Waals surface area (Å²) in [7, 11) is 1.95. The third-order valence-corrected chi connectivity index (χ3v) is 4.58. The van der Waals surface area contributed by atoms with Crippen LogP contribution >= 0.6 is 43.5 Å². The molecule has 1 heterocycles. The minimum Gasteiger partial charge on any atom is -0.313 e. The van der Waals surface area contributed by atoms with Crippen LogP contribution in [0.15, 0.2) is 45.5 Å². The summed E-state index contributed by atoms with van der Waals surface area (Å²) in [5.74, 6) is 0. The Morgan fingerprint density at radius 1 is 1.26 bits per heavy atom. The van der Waals surface area contributed by atoms with Crippen molar-refractivity contribution in [2.24, 2.45) is 0 Å². The maximum Gasteiger partial charge on any atom is 0.0548 e. The summed E-state index contributed by atoms with van der Waals surface area (Å²) in [5, 5.41) is 4.04. The van der Waals surface area contributed by atoms with E-state index < -0.39 is 0 Å². The predicted octanol–water partition coefficient (Wildman–Crippen LogP) is 4.76. The molecule has 0 bridgehead atoms. The van der Waals surface area contributed by atoms with Crippen LogP contribution in [0.5, 0.6) is 0 Å². The fourth-order valence-electron chi connectivity index (χ4n) is 1.85. The van der Waals surface area contributed by atoms with Crippen molar-refractivity contribution in [3.63, 3.8) is 0 Å². The minimum atomic E-state index is 0.210. The molecular formula is C14H13Br2ClN2. The molecule has 5 heteroatoms. The number of aromatic nitrogens is 1. The average Bonchev–Trinajstić information content (AvgIpc) is 2.41. The Bertz CT molecular complexity index is 558. The van der Waals surface area contributed by atoms with E-state index in [1.807, 2.05) is 43.6 Å². The van der Waals surface area contributed by atoms with Gasteiger partial charge in [-0.15, -0.1) is 0 Å². The third kappa shape index (κ3) is 4.02. The molecule has 0 aliphatic heterocycles. The van der Waals surface area contributed by atoms with E-state index in [9.17, 15) is 0 Å². The molecular weight excluding hydrogens is 391 g/mol. The number of benzene rings is 1. The van der Waals surface area contributed by atoms with Crippen LogP contribution in [-0.2, 0) is 6.42 Å². The SMILES string of the molecule is CNC(Cc1ccc(Br)cn1)c1ccc(Cl)c(Br)c1. The van der Waals surface area contributed by atoms with Gasteiger partial charge in [-0.2, -0.15) is 0 Å². The van der Waals surface area contributed by atoms with Gasteiger partial charge in [-0.05, 0) is 68.7 Å². The lowest BCUT2D eigenvalue weighted by Crippen LogP contribution is -2.19. The van der Waals surface area contributed by atoms with Gasteiger partial charge in [0.05, 0.1) is 5.02 Å². The van der Waals surface area contributed by atoms with E-state index in [2.05, 4.69) is 42.2 Å². The van der Waals surface area contributed by atoms with E-state index >= 15 is 0 Å². The second kappa shape index (κ2) is 6.84. The van der Waals surface area contributed by atoms with E-state index in [4.69, 9.17) is 11.6 Å². The van der Waals surface area contributed by atoms with Crippen molar-refractivity contribution in [1.29, 1.82) is 0 Å². The molecule has 0 aliphatic rings. The molecule has 0 spiro atoms. The largest absolute Gasteiger partial charge is 0.313 e. The molecule has 1 N–H and O–H groups in total. The second-order valence-electron chi connectivity index (χ2n) is 4.19. The number of hydrogen-bond acceptors (Lipinski definition) is 2. The van der Waals surface area contributed by atoms with Gasteiger partial charge in [0, 0.05) is 33.3 Å². The Morgan fingerprint density at radius 3 is 2.63 bits per heavy atom. The predicted molar refractivity (Wildman–Crippen MR) is 86.6 cm³/mol. The molecule has 0 fully saturated rings. The first-order chi connectivity index (χ1) is 9.10. The van der Waals surface area contributed by atoms with Crippen molar-refractivity contribution in [3.8, 4) is 0 Å². The van der Waals surface area contributed by atoms with Gasteiger partial charge in [0.2, 0.25) is 0 Å². The lowest BCUT2D eigenvalue weighted by Gasteiger charge is -2.17. The summed E-state index contributed by atoms with van der Waals surface area (Å²) in [6.45, 7) is 0. The van der Waals surface area contributed by atoms with Crippen molar-refractivity contribution in [2.45, 2.75) is 12.5 Å². The summed E-state index contributed by atoms with van der Waals surface area (Å²) in [6, 6.07) is 10.2. The van der Waals surface area contributed by atoms with Crippen LogP contribution in [0.4, 0.5) is 0 Å². The lowest BCUT2D eigenvalue weighted by molar-refractivity contribution is 0.584. The maximum absolute atomic E-state index is 6.02. The Labute approximate surface area is 134 Å². The van der Waals surface area contributed by atoms with Crippen LogP contribution in [0.1, 0.15) is 17.3 Å². The summed E-state index contributed by atoms with van der Waals surface area (Å²) >= 11 is 12.9. The normalized spacial score (nSPS) is 12.4. The zero-order valence-corrected chi connectivity index (χ0v) is 14.3. The number of halogens is 3. The second-order valence-corrected chi connectivity index (χ2v) is 6.36. The summed E-state index contributed by atoms with van der Waals surface area (Å²) in [5.41, 5.74) is 2.23. The molecule has 1 atom stereocenters. The number of hydrogen-bond donors (Lipinski definition) is 1. The molecule has 1 unspecified atom stereocenters. The van der Waals surface area contributed by atoms with Crippen LogP contribution in [0, 0.1) is 0 Å². The quantitative estimate of drug-likeness (QED) is 0.795. The van der Waals surface area contributed by atoms with Gasteiger partial charge in [0.1, 0.15) is 0 Å². The number of pyridine rings is 1. The molecule has 1 aromatic carbocycles. The third-order valence-electron chi connectivity index (χ3n) is 2.90. The van der Waals surface area contributed by atoms with Crippen molar-refractivity contribution in [2.75, 3.05) is 7.05 Å². The lowest BCUT2D eigenvalue weighted by atomic mass is 10.0. The zero-order chi connectivity index (χ0) is 13.8. The van der Waals surface area contributed by atoms with Gasteiger partial charge in [-0.1, -0.05) is 17.7 Å². The summed E-state index contributed by atoms with van der Waals surface area (Å²) in [4.78, 5) is 4.41.